The summed E-state index contributed by atoms with van der Waals surface area (Å²) >= 11 is 0. The van der Waals surface area contributed by atoms with E-state index in [1.807, 2.05) is 13.0 Å². The Kier molecular flexibility index (Phi) is 5.72. The van der Waals surface area contributed by atoms with Crippen LogP contribution in [0.1, 0.15) is 26.5 Å². The van der Waals surface area contributed by atoms with Gasteiger partial charge in [-0.2, -0.15) is 5.10 Å². The molecule has 0 atom stereocenters. The molecule has 1 fully saturated rings. The number of aryl methyl sites for hydroxylation is 1. The third-order valence-corrected chi connectivity index (χ3v) is 4.45. The minimum atomic E-state index is -0.606. The van der Waals surface area contributed by atoms with E-state index in [1.54, 1.807) is 22.9 Å². The van der Waals surface area contributed by atoms with Gasteiger partial charge in [-0.1, -0.05) is 0 Å². The van der Waals surface area contributed by atoms with Crippen LogP contribution in [0.4, 0.5) is 11.4 Å². The van der Waals surface area contributed by atoms with Crippen molar-refractivity contribution in [2.24, 2.45) is 11.5 Å². The fourth-order valence-corrected chi connectivity index (χ4v) is 3.02. The van der Waals surface area contributed by atoms with Crippen molar-refractivity contribution in [3.8, 4) is 0 Å². The molecule has 5 N–H and O–H groups in total. The lowest BCUT2D eigenvalue weighted by molar-refractivity contribution is 0.100. The van der Waals surface area contributed by atoms with Crippen LogP contribution < -0.4 is 21.7 Å². The van der Waals surface area contributed by atoms with E-state index in [0.29, 0.717) is 32.0 Å². The summed E-state index contributed by atoms with van der Waals surface area (Å²) in [6.45, 7) is 5.55. The molecule has 27 heavy (non-hydrogen) atoms. The number of benzene rings is 1. The smallest absolute Gasteiger partial charge is 0.276 e. The number of aromatic nitrogens is 2. The van der Waals surface area contributed by atoms with Crippen molar-refractivity contribution in [3.05, 3.63) is 41.2 Å². The second kappa shape index (κ2) is 8.19. The van der Waals surface area contributed by atoms with Gasteiger partial charge < -0.3 is 26.4 Å². The van der Waals surface area contributed by atoms with Crippen LogP contribution in [0.2, 0.25) is 0 Å². The Morgan fingerprint density at radius 1 is 1.26 bits per heavy atom. The van der Waals surface area contributed by atoms with Crippen molar-refractivity contribution < 1.29 is 14.3 Å². The number of hydrogen-bond donors (Lipinski definition) is 3. The fraction of sp³-hybridized carbons (Fsp3) is 0.389. The maximum Gasteiger partial charge on any atom is 0.276 e. The molecule has 0 radical (unpaired) electrons. The highest BCUT2D eigenvalue weighted by Gasteiger charge is 2.18. The van der Waals surface area contributed by atoms with Gasteiger partial charge in [0.2, 0.25) is 0 Å². The Bertz CT molecular complexity index is 842. The van der Waals surface area contributed by atoms with E-state index < -0.39 is 11.8 Å². The second-order valence-electron chi connectivity index (χ2n) is 6.33. The number of nitrogens with zero attached hydrogens (tertiary/aromatic N) is 3. The predicted octanol–water partition coefficient (Wildman–Crippen LogP) is 0.338. The van der Waals surface area contributed by atoms with Crippen LogP contribution in [0.25, 0.3) is 0 Å². The number of amides is 2. The summed E-state index contributed by atoms with van der Waals surface area (Å²) in [5, 5.41) is 6.98. The lowest BCUT2D eigenvalue weighted by atomic mass is 10.1. The predicted molar refractivity (Wildman–Crippen MR) is 102 cm³/mol. The van der Waals surface area contributed by atoms with Gasteiger partial charge in [0.1, 0.15) is 0 Å². The molecule has 9 heteroatoms. The van der Waals surface area contributed by atoms with Gasteiger partial charge >= 0.3 is 0 Å². The van der Waals surface area contributed by atoms with Crippen molar-refractivity contribution in [2.75, 3.05) is 43.1 Å². The average molecular weight is 372 g/mol. The summed E-state index contributed by atoms with van der Waals surface area (Å²) in [5.41, 5.74) is 13.6. The number of hydrogen-bond acceptors (Lipinski definition) is 6. The molecule has 2 aromatic rings. The van der Waals surface area contributed by atoms with Crippen LogP contribution in [0.15, 0.2) is 24.3 Å². The number of carbonyl (C=O) groups is 2. The monoisotopic (exact) mass is 372 g/mol. The quantitative estimate of drug-likeness (QED) is 0.671. The average Bonchev–Trinajstić information content (AvgIpc) is 3.04. The minimum absolute atomic E-state index is 0.255. The number of rotatable bonds is 6. The normalized spacial score (nSPS) is 14.2. The number of nitrogens with two attached hydrogens (primary N) is 2. The summed E-state index contributed by atoms with van der Waals surface area (Å²) in [7, 11) is 0. The first-order chi connectivity index (χ1) is 13.0. The molecule has 0 unspecified atom stereocenters. The first kappa shape index (κ1) is 18.9. The molecule has 0 spiro atoms. The Morgan fingerprint density at radius 2 is 2.00 bits per heavy atom. The van der Waals surface area contributed by atoms with Crippen LogP contribution in [-0.2, 0) is 11.3 Å². The number of primary amides is 1. The Labute approximate surface area is 157 Å². The number of morpholine rings is 1. The lowest BCUT2D eigenvalue weighted by Gasteiger charge is -2.29. The van der Waals surface area contributed by atoms with E-state index >= 15 is 0 Å². The molecule has 1 aromatic carbocycles. The van der Waals surface area contributed by atoms with Crippen LogP contribution in [-0.4, -0.2) is 54.4 Å². The minimum Gasteiger partial charge on any atom is -0.378 e. The van der Waals surface area contributed by atoms with E-state index in [4.69, 9.17) is 16.2 Å². The highest BCUT2D eigenvalue weighted by atomic mass is 16.5. The van der Waals surface area contributed by atoms with Crippen LogP contribution >= 0.6 is 0 Å². The van der Waals surface area contributed by atoms with Crippen LogP contribution in [0.3, 0.4) is 0 Å². The molecule has 2 heterocycles. The standard InChI is InChI=1S/C18H24N6O3/c1-12-10-16(22-24(12)5-4-19)18(26)21-15-3-2-13(11-14(15)17(20)25)23-6-8-27-9-7-23/h2-3,10-11H,4-9,19H2,1H3,(H2,20,25)(H,21,26). The van der Waals surface area contributed by atoms with E-state index in [1.165, 1.54) is 0 Å². The van der Waals surface area contributed by atoms with Crippen molar-refractivity contribution >= 4 is 23.2 Å². The zero-order chi connectivity index (χ0) is 19.4. The molecule has 1 saturated heterocycles. The van der Waals surface area contributed by atoms with Crippen molar-refractivity contribution in [1.82, 2.24) is 9.78 Å². The molecule has 1 aliphatic rings. The van der Waals surface area contributed by atoms with E-state index in [0.717, 1.165) is 24.5 Å². The Balaban J connectivity index is 1.82. The van der Waals surface area contributed by atoms with Crippen LogP contribution in [0, 0.1) is 6.92 Å². The van der Waals surface area contributed by atoms with Crippen molar-refractivity contribution in [3.63, 3.8) is 0 Å². The Hall–Kier alpha value is -2.91. The van der Waals surface area contributed by atoms with Crippen molar-refractivity contribution in [1.29, 1.82) is 0 Å². The van der Waals surface area contributed by atoms with Gasteiger partial charge in [-0.15, -0.1) is 0 Å². The largest absolute Gasteiger partial charge is 0.378 e. The summed E-state index contributed by atoms with van der Waals surface area (Å²) < 4.78 is 7.02. The summed E-state index contributed by atoms with van der Waals surface area (Å²) in [6, 6.07) is 6.91. The van der Waals surface area contributed by atoms with Crippen molar-refractivity contribution in [2.45, 2.75) is 13.5 Å². The zero-order valence-corrected chi connectivity index (χ0v) is 15.3. The maximum absolute atomic E-state index is 12.5. The molecule has 3 rings (SSSR count). The third-order valence-electron chi connectivity index (χ3n) is 4.45. The molecular weight excluding hydrogens is 348 g/mol. The number of carbonyl (C=O) groups excluding carboxylic acids is 2. The Morgan fingerprint density at radius 3 is 2.67 bits per heavy atom. The van der Waals surface area contributed by atoms with Gasteiger partial charge in [0, 0.05) is 31.0 Å². The first-order valence-corrected chi connectivity index (χ1v) is 8.82. The van der Waals surface area contributed by atoms with Gasteiger partial charge in [0.15, 0.2) is 5.69 Å². The highest BCUT2D eigenvalue weighted by molar-refractivity contribution is 6.08. The van der Waals surface area contributed by atoms with Gasteiger partial charge in [0.25, 0.3) is 11.8 Å². The molecule has 1 aliphatic heterocycles. The zero-order valence-electron chi connectivity index (χ0n) is 15.3. The fourth-order valence-electron chi connectivity index (χ4n) is 3.02. The van der Waals surface area contributed by atoms with E-state index in [-0.39, 0.29) is 11.3 Å². The van der Waals surface area contributed by atoms with E-state index in [9.17, 15) is 9.59 Å². The molecule has 9 nitrogen and oxygen atoms in total. The van der Waals surface area contributed by atoms with Gasteiger partial charge in [-0.3, -0.25) is 14.3 Å². The molecule has 0 aliphatic carbocycles. The number of anilines is 2. The first-order valence-electron chi connectivity index (χ1n) is 8.82. The molecule has 2 amide bonds. The summed E-state index contributed by atoms with van der Waals surface area (Å²) in [4.78, 5) is 26.6. The van der Waals surface area contributed by atoms with Gasteiger partial charge in [0.05, 0.1) is 31.0 Å². The topological polar surface area (TPSA) is 128 Å². The molecular formula is C18H24N6O3. The highest BCUT2D eigenvalue weighted by Crippen LogP contribution is 2.24. The number of ether oxygens (including phenoxy) is 1. The second-order valence-corrected chi connectivity index (χ2v) is 6.33. The molecule has 0 saturated carbocycles. The van der Waals surface area contributed by atoms with Gasteiger partial charge in [-0.25, -0.2) is 0 Å². The van der Waals surface area contributed by atoms with Gasteiger partial charge in [-0.05, 0) is 31.2 Å². The SMILES string of the molecule is Cc1cc(C(=O)Nc2ccc(N3CCOCC3)cc2C(N)=O)nn1CCN. The van der Waals surface area contributed by atoms with Crippen LogP contribution in [0.5, 0.6) is 0 Å². The lowest BCUT2D eigenvalue weighted by Crippen LogP contribution is -2.36. The summed E-state index contributed by atoms with van der Waals surface area (Å²) in [5.74, 6) is -1.01. The third kappa shape index (κ3) is 4.26. The summed E-state index contributed by atoms with van der Waals surface area (Å²) in [6.07, 6.45) is 0. The molecule has 0 bridgehead atoms. The van der Waals surface area contributed by atoms with E-state index in [2.05, 4.69) is 15.3 Å². The number of nitrogens with one attached hydrogen (secondary N) is 1. The maximum atomic E-state index is 12.5. The molecule has 144 valence electrons. The molecule has 1 aromatic heterocycles.